The maximum absolute atomic E-state index is 12.7. The lowest BCUT2D eigenvalue weighted by Gasteiger charge is -2.06. The van der Waals surface area contributed by atoms with Crippen LogP contribution in [0.15, 0.2) is 40.9 Å². The molecule has 2 aromatic rings. The molecule has 0 aliphatic heterocycles. The summed E-state index contributed by atoms with van der Waals surface area (Å²) in [6.45, 7) is 0. The molecular formula is C14H12F3N3O. The Hall–Kier alpha value is -2.15. The first kappa shape index (κ1) is 13.8. The molecule has 1 aromatic carbocycles. The van der Waals surface area contributed by atoms with Crippen LogP contribution in [0.25, 0.3) is 11.4 Å². The molecule has 110 valence electrons. The molecule has 2 unspecified atom stereocenters. The minimum atomic E-state index is -4.40. The number of nitrogens with two attached hydrogens (primary N) is 1. The average molecular weight is 295 g/mol. The van der Waals surface area contributed by atoms with Crippen LogP contribution < -0.4 is 5.73 Å². The second-order valence-corrected chi connectivity index (χ2v) is 4.93. The quantitative estimate of drug-likeness (QED) is 0.864. The van der Waals surface area contributed by atoms with Gasteiger partial charge in [-0.1, -0.05) is 29.4 Å². The van der Waals surface area contributed by atoms with Crippen LogP contribution in [-0.4, -0.2) is 16.2 Å². The van der Waals surface area contributed by atoms with E-state index in [0.29, 0.717) is 12.3 Å². The summed E-state index contributed by atoms with van der Waals surface area (Å²) in [6.07, 6.45) is -0.0271. The van der Waals surface area contributed by atoms with Crippen LogP contribution in [0.3, 0.4) is 0 Å². The van der Waals surface area contributed by atoms with Gasteiger partial charge in [-0.2, -0.15) is 18.2 Å². The molecule has 1 aromatic heterocycles. The lowest BCUT2D eigenvalue weighted by atomic mass is 10.1. The Labute approximate surface area is 118 Å². The highest BCUT2D eigenvalue weighted by atomic mass is 19.4. The Morgan fingerprint density at radius 2 is 2.05 bits per heavy atom. The Morgan fingerprint density at radius 3 is 2.71 bits per heavy atom. The largest absolute Gasteiger partial charge is 0.416 e. The molecule has 0 saturated carbocycles. The van der Waals surface area contributed by atoms with Gasteiger partial charge >= 0.3 is 6.18 Å². The summed E-state index contributed by atoms with van der Waals surface area (Å²) >= 11 is 0. The van der Waals surface area contributed by atoms with Crippen molar-refractivity contribution in [3.8, 4) is 11.4 Å². The third kappa shape index (κ3) is 2.82. The molecule has 0 saturated heterocycles. The summed E-state index contributed by atoms with van der Waals surface area (Å²) in [5.41, 5.74) is 5.27. The van der Waals surface area contributed by atoms with Gasteiger partial charge in [0, 0.05) is 11.6 Å². The Morgan fingerprint density at radius 1 is 1.24 bits per heavy atom. The summed E-state index contributed by atoms with van der Waals surface area (Å²) in [5, 5.41) is 3.75. The first-order valence-electron chi connectivity index (χ1n) is 6.38. The van der Waals surface area contributed by atoms with Crippen LogP contribution in [0.1, 0.15) is 23.8 Å². The standard InChI is InChI=1S/C14H12F3N3O/c15-14(16,17)10-3-1-2-8(6-10)12-19-13(21-20-12)9-4-5-11(18)7-9/h1-6,9,11H,7,18H2. The predicted octanol–water partition coefficient (Wildman–Crippen LogP) is 3.13. The topological polar surface area (TPSA) is 64.9 Å². The van der Waals surface area contributed by atoms with Crippen LogP contribution >= 0.6 is 0 Å². The van der Waals surface area contributed by atoms with Crippen LogP contribution in [0.2, 0.25) is 0 Å². The lowest BCUT2D eigenvalue weighted by molar-refractivity contribution is -0.137. The fourth-order valence-corrected chi connectivity index (χ4v) is 2.25. The molecule has 4 nitrogen and oxygen atoms in total. The number of hydrogen-bond donors (Lipinski definition) is 1. The van der Waals surface area contributed by atoms with Gasteiger partial charge in [-0.15, -0.1) is 0 Å². The lowest BCUT2D eigenvalue weighted by Crippen LogP contribution is -2.14. The van der Waals surface area contributed by atoms with E-state index < -0.39 is 11.7 Å². The Bertz CT molecular complexity index is 678. The zero-order valence-electron chi connectivity index (χ0n) is 10.8. The summed E-state index contributed by atoms with van der Waals surface area (Å²) in [4.78, 5) is 4.17. The minimum Gasteiger partial charge on any atom is -0.338 e. The zero-order valence-corrected chi connectivity index (χ0v) is 10.8. The second-order valence-electron chi connectivity index (χ2n) is 4.93. The molecule has 3 rings (SSSR count). The number of alkyl halides is 3. The number of rotatable bonds is 2. The molecule has 0 bridgehead atoms. The monoisotopic (exact) mass is 295 g/mol. The molecule has 1 heterocycles. The van der Waals surface area contributed by atoms with Gasteiger partial charge in [0.15, 0.2) is 0 Å². The predicted molar refractivity (Wildman–Crippen MR) is 69.2 cm³/mol. The van der Waals surface area contributed by atoms with E-state index in [4.69, 9.17) is 10.3 Å². The number of allylic oxidation sites excluding steroid dienone is 1. The van der Waals surface area contributed by atoms with E-state index in [1.807, 2.05) is 12.2 Å². The first-order valence-corrected chi connectivity index (χ1v) is 6.38. The molecule has 1 aliphatic rings. The van der Waals surface area contributed by atoms with Gasteiger partial charge in [0.2, 0.25) is 11.7 Å². The third-order valence-electron chi connectivity index (χ3n) is 3.32. The van der Waals surface area contributed by atoms with Crippen LogP contribution in [0.5, 0.6) is 0 Å². The van der Waals surface area contributed by atoms with Crippen molar-refractivity contribution in [1.29, 1.82) is 0 Å². The van der Waals surface area contributed by atoms with Crippen molar-refractivity contribution >= 4 is 0 Å². The fourth-order valence-electron chi connectivity index (χ4n) is 2.25. The van der Waals surface area contributed by atoms with Crippen molar-refractivity contribution in [3.05, 3.63) is 47.9 Å². The summed E-state index contributed by atoms with van der Waals surface area (Å²) < 4.78 is 43.2. The van der Waals surface area contributed by atoms with Gasteiger partial charge in [-0.3, -0.25) is 0 Å². The summed E-state index contributed by atoms with van der Waals surface area (Å²) in [5.74, 6) is 0.434. The number of benzene rings is 1. The number of aromatic nitrogens is 2. The molecule has 2 N–H and O–H groups in total. The molecule has 7 heteroatoms. The average Bonchev–Trinajstić information content (AvgIpc) is 3.06. The van der Waals surface area contributed by atoms with Gasteiger partial charge < -0.3 is 10.3 Å². The number of hydrogen-bond acceptors (Lipinski definition) is 4. The molecule has 0 spiro atoms. The van der Waals surface area contributed by atoms with E-state index in [9.17, 15) is 13.2 Å². The first-order chi connectivity index (χ1) is 9.93. The Balaban J connectivity index is 1.88. The van der Waals surface area contributed by atoms with E-state index in [1.54, 1.807) is 0 Å². The smallest absolute Gasteiger partial charge is 0.338 e. The third-order valence-corrected chi connectivity index (χ3v) is 3.32. The van der Waals surface area contributed by atoms with Crippen LogP contribution in [-0.2, 0) is 6.18 Å². The van der Waals surface area contributed by atoms with Crippen molar-refractivity contribution in [1.82, 2.24) is 10.1 Å². The van der Waals surface area contributed by atoms with Crippen molar-refractivity contribution in [2.24, 2.45) is 5.73 Å². The minimum absolute atomic E-state index is 0.0566. The molecule has 21 heavy (non-hydrogen) atoms. The normalized spacial score (nSPS) is 21.9. The van der Waals surface area contributed by atoms with Crippen molar-refractivity contribution in [3.63, 3.8) is 0 Å². The van der Waals surface area contributed by atoms with Crippen LogP contribution in [0.4, 0.5) is 13.2 Å². The molecule has 0 radical (unpaired) electrons. The highest BCUT2D eigenvalue weighted by molar-refractivity contribution is 5.55. The van der Waals surface area contributed by atoms with Crippen molar-refractivity contribution in [2.45, 2.75) is 24.6 Å². The van der Waals surface area contributed by atoms with Crippen molar-refractivity contribution in [2.75, 3.05) is 0 Å². The van der Waals surface area contributed by atoms with Gasteiger partial charge in [-0.05, 0) is 18.6 Å². The van der Waals surface area contributed by atoms with Gasteiger partial charge in [0.1, 0.15) is 0 Å². The van der Waals surface area contributed by atoms with Gasteiger partial charge in [-0.25, -0.2) is 0 Å². The SMILES string of the molecule is NC1C=CC(c2nc(-c3cccc(C(F)(F)F)c3)no2)C1. The van der Waals surface area contributed by atoms with E-state index in [1.165, 1.54) is 12.1 Å². The van der Waals surface area contributed by atoms with Crippen LogP contribution in [0, 0.1) is 0 Å². The highest BCUT2D eigenvalue weighted by Gasteiger charge is 2.31. The molecule has 0 amide bonds. The highest BCUT2D eigenvalue weighted by Crippen LogP contribution is 2.32. The van der Waals surface area contributed by atoms with E-state index in [2.05, 4.69) is 10.1 Å². The number of nitrogens with zero attached hydrogens (tertiary/aromatic N) is 2. The van der Waals surface area contributed by atoms with E-state index >= 15 is 0 Å². The summed E-state index contributed by atoms with van der Waals surface area (Å²) in [7, 11) is 0. The van der Waals surface area contributed by atoms with E-state index in [-0.39, 0.29) is 23.3 Å². The Kier molecular flexibility index (Phi) is 3.29. The molecule has 0 fully saturated rings. The van der Waals surface area contributed by atoms with Gasteiger partial charge in [0.25, 0.3) is 0 Å². The molecule has 1 aliphatic carbocycles. The molecular weight excluding hydrogens is 283 g/mol. The number of halogens is 3. The maximum atomic E-state index is 12.7. The van der Waals surface area contributed by atoms with Gasteiger partial charge in [0.05, 0.1) is 11.5 Å². The summed E-state index contributed by atoms with van der Waals surface area (Å²) in [6, 6.07) is 4.78. The second kappa shape index (κ2) is 5.00. The molecule has 2 atom stereocenters. The zero-order chi connectivity index (χ0) is 15.0. The fraction of sp³-hybridized carbons (Fsp3) is 0.286. The van der Waals surface area contributed by atoms with E-state index in [0.717, 1.165) is 12.1 Å². The maximum Gasteiger partial charge on any atom is 0.416 e. The van der Waals surface area contributed by atoms with Crippen molar-refractivity contribution < 1.29 is 17.7 Å².